The van der Waals surface area contributed by atoms with Crippen molar-refractivity contribution in [1.82, 2.24) is 18.8 Å². The Balaban J connectivity index is 1.81. The number of pyridine rings is 1. The molecule has 9 heteroatoms. The van der Waals surface area contributed by atoms with Gasteiger partial charge in [-0.25, -0.2) is 13.4 Å². The number of esters is 1. The molecule has 166 valence electrons. The van der Waals surface area contributed by atoms with Gasteiger partial charge in [0.2, 0.25) is 10.0 Å². The molecule has 0 saturated carbocycles. The lowest BCUT2D eigenvalue weighted by atomic mass is 10.0. The average molecular weight is 445 g/mol. The van der Waals surface area contributed by atoms with E-state index in [0.717, 1.165) is 20.9 Å². The van der Waals surface area contributed by atoms with Gasteiger partial charge in [0.15, 0.2) is 0 Å². The van der Waals surface area contributed by atoms with E-state index in [-0.39, 0.29) is 17.4 Å². The lowest BCUT2D eigenvalue weighted by Gasteiger charge is -2.27. The molecular weight excluding hydrogens is 416 g/mol. The number of nitrogens with zero attached hydrogens (tertiary/aromatic N) is 4. The molecule has 0 fully saturated rings. The van der Waals surface area contributed by atoms with Crippen LogP contribution in [-0.4, -0.2) is 52.9 Å². The van der Waals surface area contributed by atoms with E-state index in [1.54, 1.807) is 49.9 Å². The second-order valence-electron chi connectivity index (χ2n) is 7.80. The van der Waals surface area contributed by atoms with Crippen LogP contribution in [0.1, 0.15) is 32.8 Å². The zero-order valence-corrected chi connectivity index (χ0v) is 19.0. The van der Waals surface area contributed by atoms with Crippen LogP contribution < -0.4 is 0 Å². The zero-order valence-electron chi connectivity index (χ0n) is 18.2. The van der Waals surface area contributed by atoms with Gasteiger partial charge in [0.25, 0.3) is 0 Å². The highest BCUT2D eigenvalue weighted by atomic mass is 32.2. The summed E-state index contributed by atoms with van der Waals surface area (Å²) in [6.07, 6.45) is 5.56. The van der Waals surface area contributed by atoms with Crippen molar-refractivity contribution in [2.75, 3.05) is 13.7 Å². The normalized spacial score (nSPS) is 13.1. The largest absolute Gasteiger partial charge is 0.465 e. The third-order valence-electron chi connectivity index (χ3n) is 5.07. The number of imidazole rings is 1. The van der Waals surface area contributed by atoms with Gasteiger partial charge in [0, 0.05) is 19.8 Å². The van der Waals surface area contributed by atoms with Crippen LogP contribution in [0.5, 0.6) is 0 Å². The Morgan fingerprint density at radius 2 is 1.90 bits per heavy atom. The van der Waals surface area contributed by atoms with Crippen molar-refractivity contribution in [2.24, 2.45) is 5.92 Å². The molecule has 0 radical (unpaired) electrons. The van der Waals surface area contributed by atoms with Gasteiger partial charge >= 0.3 is 5.97 Å². The number of likely N-dealkylation sites (N-methyl/N-ethyl adjacent to an activating group) is 1. The molecule has 0 spiro atoms. The van der Waals surface area contributed by atoms with Gasteiger partial charge in [-0.2, -0.15) is 4.31 Å². The Labute approximate surface area is 182 Å². The summed E-state index contributed by atoms with van der Waals surface area (Å²) in [4.78, 5) is 21.0. The molecule has 0 aliphatic carbocycles. The summed E-state index contributed by atoms with van der Waals surface area (Å²) >= 11 is 0. The summed E-state index contributed by atoms with van der Waals surface area (Å²) in [6, 6.07) is 7.64. The highest BCUT2D eigenvalue weighted by molar-refractivity contribution is 7.89. The minimum absolute atomic E-state index is 0.133. The third-order valence-corrected chi connectivity index (χ3v) is 6.95. The fourth-order valence-electron chi connectivity index (χ4n) is 3.40. The second-order valence-corrected chi connectivity index (χ2v) is 9.80. The molecule has 0 amide bonds. The highest BCUT2D eigenvalue weighted by Crippen LogP contribution is 2.22. The smallest absolute Gasteiger partial charge is 0.324 e. The minimum Gasteiger partial charge on any atom is -0.465 e. The summed E-state index contributed by atoms with van der Waals surface area (Å²) in [7, 11) is -2.43. The van der Waals surface area contributed by atoms with Crippen LogP contribution in [0.15, 0.2) is 53.9 Å². The van der Waals surface area contributed by atoms with E-state index < -0.39 is 22.0 Å². The first-order valence-corrected chi connectivity index (χ1v) is 11.7. The third kappa shape index (κ3) is 5.11. The Kier molecular flexibility index (Phi) is 7.07. The zero-order chi connectivity index (χ0) is 22.6. The molecule has 3 rings (SSSR count). The number of benzene rings is 1. The quantitative estimate of drug-likeness (QED) is 0.471. The Morgan fingerprint density at radius 3 is 2.55 bits per heavy atom. The van der Waals surface area contributed by atoms with E-state index in [1.165, 1.54) is 7.05 Å². The van der Waals surface area contributed by atoms with E-state index in [1.807, 2.05) is 24.5 Å². The molecule has 2 heterocycles. The molecule has 1 atom stereocenters. The molecule has 2 aromatic heterocycles. The number of hydrogen-bond donors (Lipinski definition) is 0. The van der Waals surface area contributed by atoms with Crippen LogP contribution >= 0.6 is 0 Å². The molecule has 0 N–H and O–H groups in total. The van der Waals surface area contributed by atoms with Crippen molar-refractivity contribution in [3.05, 3.63) is 54.6 Å². The number of sulfonamides is 1. The van der Waals surface area contributed by atoms with Crippen molar-refractivity contribution >= 4 is 27.0 Å². The van der Waals surface area contributed by atoms with Crippen LogP contribution in [-0.2, 0) is 26.1 Å². The number of rotatable bonds is 9. The van der Waals surface area contributed by atoms with E-state index in [4.69, 9.17) is 4.74 Å². The van der Waals surface area contributed by atoms with Gasteiger partial charge in [-0.15, -0.1) is 0 Å². The molecule has 0 aliphatic heterocycles. The molecule has 0 aliphatic rings. The van der Waals surface area contributed by atoms with Gasteiger partial charge in [-0.3, -0.25) is 9.78 Å². The molecule has 0 bridgehead atoms. The Hall–Kier alpha value is -2.78. The van der Waals surface area contributed by atoms with Gasteiger partial charge < -0.3 is 9.30 Å². The van der Waals surface area contributed by atoms with Crippen LogP contribution in [0, 0.1) is 5.92 Å². The highest BCUT2D eigenvalue weighted by Gasteiger charge is 2.34. The monoisotopic (exact) mass is 444 g/mol. The topological polar surface area (TPSA) is 94.4 Å². The van der Waals surface area contributed by atoms with Crippen LogP contribution in [0.4, 0.5) is 0 Å². The summed E-state index contributed by atoms with van der Waals surface area (Å²) < 4.78 is 34.5. The van der Waals surface area contributed by atoms with Crippen LogP contribution in [0.25, 0.3) is 11.0 Å². The predicted octanol–water partition coefficient (Wildman–Crippen LogP) is 3.08. The van der Waals surface area contributed by atoms with E-state index in [2.05, 4.69) is 9.97 Å². The van der Waals surface area contributed by atoms with Gasteiger partial charge in [0.05, 0.1) is 35.1 Å². The SMILES string of the molecule is CCOC(=O)[C@H](CC(C)C)N(C)S(=O)(=O)c1ccc(Cn2cnc3ccncc32)cc1. The lowest BCUT2D eigenvalue weighted by molar-refractivity contribution is -0.147. The standard InChI is InChI=1S/C22H28N4O4S/c1-5-30-22(27)20(12-16(2)3)25(4)31(28,29)18-8-6-17(7-9-18)14-26-15-24-19-10-11-23-13-21(19)26/h6-11,13,15-16,20H,5,12,14H2,1-4H3/t20-/m0/s1. The number of aromatic nitrogens is 3. The molecular formula is C22H28N4O4S. The molecule has 3 aromatic rings. The van der Waals surface area contributed by atoms with Gasteiger partial charge in [-0.05, 0) is 43.0 Å². The first kappa shape index (κ1) is 22.9. The maximum atomic E-state index is 13.2. The first-order valence-electron chi connectivity index (χ1n) is 10.2. The fraction of sp³-hybridized carbons (Fsp3) is 0.409. The first-order chi connectivity index (χ1) is 14.7. The van der Waals surface area contributed by atoms with Gasteiger partial charge in [0.1, 0.15) is 6.04 Å². The van der Waals surface area contributed by atoms with Crippen molar-refractivity contribution in [3.8, 4) is 0 Å². The number of hydrogen-bond acceptors (Lipinski definition) is 6. The molecule has 0 saturated heterocycles. The van der Waals surface area contributed by atoms with E-state index in [9.17, 15) is 13.2 Å². The molecule has 31 heavy (non-hydrogen) atoms. The van der Waals surface area contributed by atoms with Crippen LogP contribution in [0.2, 0.25) is 0 Å². The van der Waals surface area contributed by atoms with E-state index >= 15 is 0 Å². The van der Waals surface area contributed by atoms with E-state index in [0.29, 0.717) is 13.0 Å². The Morgan fingerprint density at radius 1 is 1.19 bits per heavy atom. The summed E-state index contributed by atoms with van der Waals surface area (Å²) in [5, 5.41) is 0. The van der Waals surface area contributed by atoms with Crippen molar-refractivity contribution < 1.29 is 17.9 Å². The summed E-state index contributed by atoms with van der Waals surface area (Å²) in [5.41, 5.74) is 2.68. The lowest BCUT2D eigenvalue weighted by Crippen LogP contribution is -2.44. The molecule has 1 aromatic carbocycles. The summed E-state index contributed by atoms with van der Waals surface area (Å²) in [6.45, 7) is 6.33. The predicted molar refractivity (Wildman–Crippen MR) is 118 cm³/mol. The molecule has 0 unspecified atom stereocenters. The van der Waals surface area contributed by atoms with Crippen molar-refractivity contribution in [2.45, 2.75) is 44.7 Å². The number of carbonyl (C=O) groups is 1. The molecule has 8 nitrogen and oxygen atoms in total. The van der Waals surface area contributed by atoms with Crippen LogP contribution in [0.3, 0.4) is 0 Å². The Bertz CT molecular complexity index is 1140. The maximum absolute atomic E-state index is 13.2. The maximum Gasteiger partial charge on any atom is 0.324 e. The number of fused-ring (bicyclic) bond motifs is 1. The average Bonchev–Trinajstić information content (AvgIpc) is 3.15. The van der Waals surface area contributed by atoms with Crippen molar-refractivity contribution in [3.63, 3.8) is 0 Å². The fourth-order valence-corrected chi connectivity index (χ4v) is 4.72. The minimum atomic E-state index is -3.86. The van der Waals surface area contributed by atoms with Gasteiger partial charge in [-0.1, -0.05) is 26.0 Å². The number of carbonyl (C=O) groups excluding carboxylic acids is 1. The summed E-state index contributed by atoms with van der Waals surface area (Å²) in [5.74, 6) is -0.395. The van der Waals surface area contributed by atoms with Crippen molar-refractivity contribution in [1.29, 1.82) is 0 Å². The second kappa shape index (κ2) is 9.57. The number of ether oxygens (including phenoxy) is 1.